The van der Waals surface area contributed by atoms with Crippen LogP contribution in [0, 0.1) is 0 Å². The number of hydrogen-bond donors (Lipinski definition) is 1. The van der Waals surface area contributed by atoms with Gasteiger partial charge in [-0.05, 0) is 48.9 Å². The van der Waals surface area contributed by atoms with Crippen molar-refractivity contribution in [1.29, 1.82) is 0 Å². The fourth-order valence-corrected chi connectivity index (χ4v) is 3.15. The van der Waals surface area contributed by atoms with Gasteiger partial charge < -0.3 is 10.1 Å². The Labute approximate surface area is 168 Å². The van der Waals surface area contributed by atoms with Gasteiger partial charge in [0.05, 0.1) is 12.6 Å². The first-order valence-electron chi connectivity index (χ1n) is 8.99. The summed E-state index contributed by atoms with van der Waals surface area (Å²) in [6.07, 6.45) is 0.369. The van der Waals surface area contributed by atoms with Crippen LogP contribution in [0.1, 0.15) is 35.3 Å². The number of carbonyl (C=O) groups is 1. The van der Waals surface area contributed by atoms with E-state index >= 15 is 0 Å². The Morgan fingerprint density at radius 2 is 1.63 bits per heavy atom. The lowest BCUT2D eigenvalue weighted by atomic mass is 9.97. The van der Waals surface area contributed by atoms with Gasteiger partial charge in [-0.15, -0.1) is 0 Å². The molecule has 3 nitrogen and oxygen atoms in total. The fraction of sp³-hybridized carbons (Fsp3) is 0.174. The summed E-state index contributed by atoms with van der Waals surface area (Å²) in [4.78, 5) is 12.8. The van der Waals surface area contributed by atoms with Gasteiger partial charge >= 0.3 is 0 Å². The highest BCUT2D eigenvalue weighted by atomic mass is 79.9. The third kappa shape index (κ3) is 5.44. The summed E-state index contributed by atoms with van der Waals surface area (Å²) >= 11 is 3.45. The Kier molecular flexibility index (Phi) is 6.66. The van der Waals surface area contributed by atoms with Gasteiger partial charge in [-0.25, -0.2) is 0 Å². The molecule has 0 amide bonds. The zero-order valence-corrected chi connectivity index (χ0v) is 16.8. The second-order valence-electron chi connectivity index (χ2n) is 6.20. The normalized spacial score (nSPS) is 11.6. The quantitative estimate of drug-likeness (QED) is 0.433. The molecule has 0 aliphatic heterocycles. The predicted octanol–water partition coefficient (Wildman–Crippen LogP) is 6.27. The van der Waals surface area contributed by atoms with Gasteiger partial charge in [-0.3, -0.25) is 4.79 Å². The Balaban J connectivity index is 1.83. The van der Waals surface area contributed by atoms with Crippen molar-refractivity contribution in [3.8, 4) is 5.75 Å². The molecule has 1 N–H and O–H groups in total. The summed E-state index contributed by atoms with van der Waals surface area (Å²) in [6.45, 7) is 2.59. The van der Waals surface area contributed by atoms with Gasteiger partial charge in [0.25, 0.3) is 0 Å². The fourth-order valence-electron chi connectivity index (χ4n) is 2.89. The molecule has 0 aromatic heterocycles. The van der Waals surface area contributed by atoms with E-state index in [4.69, 9.17) is 4.74 Å². The predicted molar refractivity (Wildman–Crippen MR) is 114 cm³/mol. The molecule has 3 aromatic carbocycles. The van der Waals surface area contributed by atoms with Gasteiger partial charge in [0.1, 0.15) is 5.75 Å². The summed E-state index contributed by atoms with van der Waals surface area (Å²) in [5.41, 5.74) is 2.75. The summed E-state index contributed by atoms with van der Waals surface area (Å²) in [6, 6.07) is 25.2. The Bertz CT molecular complexity index is 861. The molecule has 4 heteroatoms. The molecule has 0 radical (unpaired) electrons. The molecule has 0 aliphatic carbocycles. The van der Waals surface area contributed by atoms with Crippen LogP contribution in [0.5, 0.6) is 5.75 Å². The van der Waals surface area contributed by atoms with E-state index in [0.717, 1.165) is 27.0 Å². The average Bonchev–Trinajstić information content (AvgIpc) is 2.70. The molecule has 0 heterocycles. The molecule has 1 atom stereocenters. The maximum Gasteiger partial charge on any atom is 0.165 e. The minimum absolute atomic E-state index is 0.110. The van der Waals surface area contributed by atoms with Gasteiger partial charge in [0, 0.05) is 22.1 Å². The Morgan fingerprint density at radius 1 is 0.963 bits per heavy atom. The molecular formula is C23H22BrNO2. The van der Waals surface area contributed by atoms with Crippen LogP contribution in [-0.4, -0.2) is 12.4 Å². The van der Waals surface area contributed by atoms with Crippen LogP contribution in [0.25, 0.3) is 0 Å². The molecule has 27 heavy (non-hydrogen) atoms. The van der Waals surface area contributed by atoms with Crippen LogP contribution in [0.2, 0.25) is 0 Å². The molecule has 0 fully saturated rings. The van der Waals surface area contributed by atoms with E-state index in [9.17, 15) is 4.79 Å². The van der Waals surface area contributed by atoms with E-state index in [1.807, 2.05) is 85.8 Å². The zero-order valence-electron chi connectivity index (χ0n) is 15.2. The molecule has 3 aromatic rings. The Morgan fingerprint density at radius 3 is 2.26 bits per heavy atom. The molecule has 3 rings (SSSR count). The lowest BCUT2D eigenvalue weighted by Crippen LogP contribution is -2.16. The van der Waals surface area contributed by atoms with Crippen molar-refractivity contribution in [2.45, 2.75) is 19.4 Å². The topological polar surface area (TPSA) is 38.3 Å². The summed E-state index contributed by atoms with van der Waals surface area (Å²) < 4.78 is 6.55. The number of hydrogen-bond acceptors (Lipinski definition) is 3. The van der Waals surface area contributed by atoms with Gasteiger partial charge in [-0.2, -0.15) is 0 Å². The highest BCUT2D eigenvalue weighted by Crippen LogP contribution is 2.27. The lowest BCUT2D eigenvalue weighted by Gasteiger charge is -2.20. The zero-order chi connectivity index (χ0) is 19.1. The second kappa shape index (κ2) is 9.38. The monoisotopic (exact) mass is 423 g/mol. The first-order valence-corrected chi connectivity index (χ1v) is 9.78. The highest BCUT2D eigenvalue weighted by molar-refractivity contribution is 9.10. The average molecular weight is 424 g/mol. The maximum atomic E-state index is 12.8. The van der Waals surface area contributed by atoms with Crippen LogP contribution in [0.15, 0.2) is 83.3 Å². The van der Waals surface area contributed by atoms with E-state index in [0.29, 0.717) is 13.0 Å². The molecule has 0 spiro atoms. The van der Waals surface area contributed by atoms with Crippen LogP contribution < -0.4 is 10.1 Å². The number of halogens is 1. The third-order valence-corrected chi connectivity index (χ3v) is 4.79. The molecular weight excluding hydrogens is 402 g/mol. The van der Waals surface area contributed by atoms with E-state index in [2.05, 4.69) is 21.2 Å². The van der Waals surface area contributed by atoms with Gasteiger partial charge in [0.2, 0.25) is 0 Å². The number of carbonyl (C=O) groups excluding carboxylic acids is 1. The number of nitrogens with one attached hydrogen (secondary N) is 1. The summed E-state index contributed by atoms with van der Waals surface area (Å²) in [5, 5.41) is 3.49. The largest absolute Gasteiger partial charge is 0.494 e. The number of anilines is 1. The third-order valence-electron chi connectivity index (χ3n) is 4.26. The van der Waals surface area contributed by atoms with E-state index < -0.39 is 0 Å². The lowest BCUT2D eigenvalue weighted by molar-refractivity contribution is 0.0976. The van der Waals surface area contributed by atoms with Crippen molar-refractivity contribution >= 4 is 27.4 Å². The van der Waals surface area contributed by atoms with Crippen LogP contribution in [-0.2, 0) is 0 Å². The Hall–Kier alpha value is -2.59. The molecule has 0 saturated carbocycles. The molecule has 0 aliphatic rings. The first-order chi connectivity index (χ1) is 13.2. The molecule has 0 bridgehead atoms. The van der Waals surface area contributed by atoms with Gasteiger partial charge in [0.15, 0.2) is 5.78 Å². The van der Waals surface area contributed by atoms with Crippen LogP contribution in [0.4, 0.5) is 5.69 Å². The number of Topliss-reactive ketones (excluding diaryl/α,β-unsaturated/α-hetero) is 1. The van der Waals surface area contributed by atoms with Crippen LogP contribution >= 0.6 is 15.9 Å². The van der Waals surface area contributed by atoms with Crippen molar-refractivity contribution in [3.05, 3.63) is 94.5 Å². The van der Waals surface area contributed by atoms with Crippen molar-refractivity contribution in [2.75, 3.05) is 11.9 Å². The highest BCUT2D eigenvalue weighted by Gasteiger charge is 2.17. The number of rotatable bonds is 8. The minimum Gasteiger partial charge on any atom is -0.494 e. The van der Waals surface area contributed by atoms with Crippen LogP contribution in [0.3, 0.4) is 0 Å². The summed E-state index contributed by atoms with van der Waals surface area (Å²) in [7, 11) is 0. The van der Waals surface area contributed by atoms with E-state index in [-0.39, 0.29) is 11.8 Å². The smallest absolute Gasteiger partial charge is 0.165 e. The molecule has 0 saturated heterocycles. The van der Waals surface area contributed by atoms with E-state index in [1.165, 1.54) is 0 Å². The van der Waals surface area contributed by atoms with E-state index in [1.54, 1.807) is 0 Å². The SMILES string of the molecule is CCOc1ccc([C@@H](CC(=O)c2ccccc2)Nc2ccc(Br)cc2)cc1. The van der Waals surface area contributed by atoms with Crippen molar-refractivity contribution < 1.29 is 9.53 Å². The minimum atomic E-state index is -0.130. The maximum absolute atomic E-state index is 12.8. The standard InChI is InChI=1S/C23H22BrNO2/c1-2-27-21-14-8-17(9-15-21)22(25-20-12-10-19(24)11-13-20)16-23(26)18-6-4-3-5-7-18/h3-15,22,25H,2,16H2,1H3/t22-/m1/s1. The van der Waals surface area contributed by atoms with Crippen molar-refractivity contribution in [2.24, 2.45) is 0 Å². The second-order valence-corrected chi connectivity index (χ2v) is 7.11. The molecule has 138 valence electrons. The summed E-state index contributed by atoms with van der Waals surface area (Å²) in [5.74, 6) is 0.942. The first kappa shape index (κ1) is 19.2. The van der Waals surface area contributed by atoms with Crippen molar-refractivity contribution in [1.82, 2.24) is 0 Å². The number of benzene rings is 3. The number of ether oxygens (including phenoxy) is 1. The van der Waals surface area contributed by atoms with Gasteiger partial charge in [-0.1, -0.05) is 58.4 Å². The number of ketones is 1. The van der Waals surface area contributed by atoms with Crippen molar-refractivity contribution in [3.63, 3.8) is 0 Å². The molecule has 0 unspecified atom stereocenters.